The molecule has 0 heterocycles. The molecule has 0 bridgehead atoms. The lowest BCUT2D eigenvalue weighted by atomic mass is 9.87. The fourth-order valence-electron chi connectivity index (χ4n) is 2.93. The van der Waals surface area contributed by atoms with Gasteiger partial charge in [0.2, 0.25) is 5.91 Å². The summed E-state index contributed by atoms with van der Waals surface area (Å²) in [6.07, 6.45) is 3.86. The van der Waals surface area contributed by atoms with E-state index < -0.39 is 5.41 Å². The van der Waals surface area contributed by atoms with Crippen LogP contribution in [-0.4, -0.2) is 26.7 Å². The first kappa shape index (κ1) is 16.2. The Hall–Kier alpha value is -2.22. The van der Waals surface area contributed by atoms with Crippen LogP contribution in [0, 0.1) is 16.7 Å². The molecule has 0 radical (unpaired) electrons. The highest BCUT2D eigenvalue weighted by Gasteiger charge is 2.41. The van der Waals surface area contributed by atoms with Crippen molar-refractivity contribution in [2.45, 2.75) is 32.1 Å². The summed E-state index contributed by atoms with van der Waals surface area (Å²) in [5.74, 6) is 1.38. The summed E-state index contributed by atoms with van der Waals surface area (Å²) < 4.78 is 10.5. The zero-order valence-corrected chi connectivity index (χ0v) is 13.1. The van der Waals surface area contributed by atoms with Gasteiger partial charge in [-0.1, -0.05) is 12.8 Å². The number of carbonyl (C=O) groups excluding carboxylic acids is 1. The number of hydrogen-bond donors (Lipinski definition) is 1. The van der Waals surface area contributed by atoms with Gasteiger partial charge in [-0.3, -0.25) is 4.79 Å². The van der Waals surface area contributed by atoms with Gasteiger partial charge < -0.3 is 14.8 Å². The lowest BCUT2D eigenvalue weighted by Crippen LogP contribution is -2.39. The fraction of sp³-hybridized carbons (Fsp3) is 0.529. The van der Waals surface area contributed by atoms with E-state index in [9.17, 15) is 10.1 Å². The fourth-order valence-corrected chi connectivity index (χ4v) is 2.93. The maximum atomic E-state index is 12.3. The number of benzene rings is 1. The number of nitrogens with zero attached hydrogens (tertiary/aromatic N) is 1. The number of nitrogens with one attached hydrogen (secondary N) is 1. The topological polar surface area (TPSA) is 71.3 Å². The van der Waals surface area contributed by atoms with Gasteiger partial charge in [-0.05, 0) is 43.0 Å². The molecular formula is C17H22N2O3. The molecule has 1 aliphatic carbocycles. The average Bonchev–Trinajstić information content (AvgIpc) is 3.05. The van der Waals surface area contributed by atoms with E-state index >= 15 is 0 Å². The van der Waals surface area contributed by atoms with Crippen molar-refractivity contribution < 1.29 is 14.3 Å². The molecule has 118 valence electrons. The smallest absolute Gasteiger partial charge is 0.240 e. The molecular weight excluding hydrogens is 280 g/mol. The number of hydrogen-bond acceptors (Lipinski definition) is 4. The molecule has 5 nitrogen and oxygen atoms in total. The summed E-state index contributed by atoms with van der Waals surface area (Å²) >= 11 is 0. The predicted molar refractivity (Wildman–Crippen MR) is 82.8 cm³/mol. The second-order valence-electron chi connectivity index (χ2n) is 5.58. The van der Waals surface area contributed by atoms with E-state index in [1.54, 1.807) is 14.2 Å². The molecule has 0 spiro atoms. The van der Waals surface area contributed by atoms with Crippen LogP contribution in [0.3, 0.4) is 0 Å². The van der Waals surface area contributed by atoms with Crippen LogP contribution < -0.4 is 14.8 Å². The lowest BCUT2D eigenvalue weighted by molar-refractivity contribution is -0.127. The zero-order valence-electron chi connectivity index (χ0n) is 13.1. The quantitative estimate of drug-likeness (QED) is 0.876. The number of nitriles is 1. The van der Waals surface area contributed by atoms with Crippen molar-refractivity contribution in [1.29, 1.82) is 5.26 Å². The van der Waals surface area contributed by atoms with Crippen LogP contribution in [0.4, 0.5) is 0 Å². The van der Waals surface area contributed by atoms with Gasteiger partial charge in [0.15, 0.2) is 0 Å². The molecule has 1 amide bonds. The third-order valence-electron chi connectivity index (χ3n) is 4.27. The average molecular weight is 302 g/mol. The molecule has 0 aromatic heterocycles. The molecule has 1 saturated carbocycles. The van der Waals surface area contributed by atoms with Gasteiger partial charge in [-0.25, -0.2) is 0 Å². The van der Waals surface area contributed by atoms with Gasteiger partial charge in [0.05, 0.1) is 20.3 Å². The standard InChI is InChI=1S/C17H22N2O3/c1-21-14-5-6-15(22-2)13(11-14)7-10-19-16(20)17(12-18)8-3-4-9-17/h5-6,11H,3-4,7-10H2,1-2H3,(H,19,20). The largest absolute Gasteiger partial charge is 0.497 e. The summed E-state index contributed by atoms with van der Waals surface area (Å²) in [5, 5.41) is 12.2. The first-order chi connectivity index (χ1) is 10.6. The van der Waals surface area contributed by atoms with Gasteiger partial charge in [-0.2, -0.15) is 5.26 Å². The number of amides is 1. The predicted octanol–water partition coefficient (Wildman–Crippen LogP) is 2.45. The first-order valence-electron chi connectivity index (χ1n) is 7.55. The summed E-state index contributed by atoms with van der Waals surface area (Å²) in [6.45, 7) is 0.478. The third-order valence-corrected chi connectivity index (χ3v) is 4.27. The van der Waals surface area contributed by atoms with Crippen molar-refractivity contribution >= 4 is 5.91 Å². The van der Waals surface area contributed by atoms with E-state index in [4.69, 9.17) is 9.47 Å². The van der Waals surface area contributed by atoms with Gasteiger partial charge in [0.1, 0.15) is 16.9 Å². The maximum Gasteiger partial charge on any atom is 0.240 e. The van der Waals surface area contributed by atoms with Gasteiger partial charge >= 0.3 is 0 Å². The van der Waals surface area contributed by atoms with Gasteiger partial charge in [0.25, 0.3) is 0 Å². The SMILES string of the molecule is COc1ccc(OC)c(CCNC(=O)C2(C#N)CCCC2)c1. The van der Waals surface area contributed by atoms with Crippen LogP contribution in [0.2, 0.25) is 0 Å². The molecule has 1 aromatic carbocycles. The summed E-state index contributed by atoms with van der Waals surface area (Å²) in [6, 6.07) is 7.80. The highest BCUT2D eigenvalue weighted by atomic mass is 16.5. The summed E-state index contributed by atoms with van der Waals surface area (Å²) in [7, 11) is 3.23. The molecule has 0 saturated heterocycles. The number of ether oxygens (including phenoxy) is 2. The van der Waals surface area contributed by atoms with Crippen molar-refractivity contribution in [2.24, 2.45) is 5.41 Å². The second kappa shape index (κ2) is 7.17. The van der Waals surface area contributed by atoms with Crippen LogP contribution >= 0.6 is 0 Å². The number of carbonyl (C=O) groups is 1. The lowest BCUT2D eigenvalue weighted by Gasteiger charge is -2.19. The van der Waals surface area contributed by atoms with Crippen LogP contribution in [0.5, 0.6) is 11.5 Å². The molecule has 22 heavy (non-hydrogen) atoms. The Morgan fingerprint density at radius 1 is 1.32 bits per heavy atom. The van der Waals surface area contributed by atoms with E-state index in [2.05, 4.69) is 11.4 Å². The van der Waals surface area contributed by atoms with Crippen molar-refractivity contribution in [3.05, 3.63) is 23.8 Å². The number of methoxy groups -OCH3 is 2. The van der Waals surface area contributed by atoms with Gasteiger partial charge in [-0.15, -0.1) is 0 Å². The third kappa shape index (κ3) is 3.33. The molecule has 1 N–H and O–H groups in total. The minimum atomic E-state index is -0.821. The molecule has 0 aliphatic heterocycles. The van der Waals surface area contributed by atoms with Gasteiger partial charge in [0, 0.05) is 6.54 Å². The first-order valence-corrected chi connectivity index (χ1v) is 7.55. The second-order valence-corrected chi connectivity index (χ2v) is 5.58. The van der Waals surface area contributed by atoms with E-state index in [1.165, 1.54) is 0 Å². The van der Waals surface area contributed by atoms with E-state index in [-0.39, 0.29) is 5.91 Å². The Labute approximate surface area is 131 Å². The Morgan fingerprint density at radius 2 is 2.05 bits per heavy atom. The summed E-state index contributed by atoms with van der Waals surface area (Å²) in [5.41, 5.74) is 0.151. The Kier molecular flexibility index (Phi) is 5.26. The highest BCUT2D eigenvalue weighted by molar-refractivity contribution is 5.85. The Balaban J connectivity index is 1.96. The zero-order chi connectivity index (χ0) is 16.0. The molecule has 0 atom stereocenters. The minimum Gasteiger partial charge on any atom is -0.497 e. The van der Waals surface area contributed by atoms with E-state index in [1.807, 2.05) is 18.2 Å². The van der Waals surface area contributed by atoms with Crippen molar-refractivity contribution in [3.8, 4) is 17.6 Å². The van der Waals surface area contributed by atoms with E-state index in [0.29, 0.717) is 25.8 Å². The van der Waals surface area contributed by atoms with Crippen molar-refractivity contribution in [3.63, 3.8) is 0 Å². The van der Waals surface area contributed by atoms with Crippen LogP contribution in [0.25, 0.3) is 0 Å². The van der Waals surface area contributed by atoms with Crippen LogP contribution in [0.1, 0.15) is 31.2 Å². The van der Waals surface area contributed by atoms with Crippen molar-refractivity contribution in [2.75, 3.05) is 20.8 Å². The van der Waals surface area contributed by atoms with Crippen LogP contribution in [0.15, 0.2) is 18.2 Å². The normalized spacial score (nSPS) is 15.9. The van der Waals surface area contributed by atoms with Crippen molar-refractivity contribution in [1.82, 2.24) is 5.32 Å². The summed E-state index contributed by atoms with van der Waals surface area (Å²) in [4.78, 5) is 12.3. The molecule has 1 aromatic rings. The maximum absolute atomic E-state index is 12.3. The minimum absolute atomic E-state index is 0.144. The molecule has 2 rings (SSSR count). The van der Waals surface area contributed by atoms with E-state index in [0.717, 1.165) is 29.9 Å². The molecule has 1 aliphatic rings. The molecule has 1 fully saturated rings. The van der Waals surface area contributed by atoms with Crippen LogP contribution in [-0.2, 0) is 11.2 Å². The Morgan fingerprint density at radius 3 is 2.64 bits per heavy atom. The highest BCUT2D eigenvalue weighted by Crippen LogP contribution is 2.37. The molecule has 5 heteroatoms. The number of rotatable bonds is 6. The Bertz CT molecular complexity index is 572. The molecule has 0 unspecified atom stereocenters. The monoisotopic (exact) mass is 302 g/mol.